The van der Waals surface area contributed by atoms with Crippen molar-refractivity contribution in [2.45, 2.75) is 19.0 Å². The summed E-state index contributed by atoms with van der Waals surface area (Å²) in [6, 6.07) is 17.4. The fraction of sp³-hybridized carbons (Fsp3) is 0.176. The highest BCUT2D eigenvalue weighted by Crippen LogP contribution is 2.19. The molecule has 0 aromatic heterocycles. The smallest absolute Gasteiger partial charge is 0.318 e. The van der Waals surface area contributed by atoms with Gasteiger partial charge < -0.3 is 5.73 Å². The van der Waals surface area contributed by atoms with Crippen LogP contribution in [0.2, 0.25) is 0 Å². The van der Waals surface area contributed by atoms with Gasteiger partial charge >= 0.3 is 6.03 Å². The molecule has 2 aromatic rings. The van der Waals surface area contributed by atoms with Crippen molar-refractivity contribution in [3.05, 3.63) is 71.8 Å². The molecule has 0 aliphatic rings. The van der Waals surface area contributed by atoms with Crippen molar-refractivity contribution < 1.29 is 9.59 Å². The van der Waals surface area contributed by atoms with Gasteiger partial charge in [0.1, 0.15) is 6.04 Å². The first-order valence-electron chi connectivity index (χ1n) is 7.04. The Morgan fingerprint density at radius 1 is 0.909 bits per heavy atom. The van der Waals surface area contributed by atoms with Crippen molar-refractivity contribution in [2.75, 3.05) is 0 Å². The largest absolute Gasteiger partial charge is 0.351 e. The summed E-state index contributed by atoms with van der Waals surface area (Å²) in [7, 11) is 0. The second kappa shape index (κ2) is 7.38. The molecule has 0 fully saturated rings. The van der Waals surface area contributed by atoms with Crippen LogP contribution in [-0.4, -0.2) is 11.9 Å². The summed E-state index contributed by atoms with van der Waals surface area (Å²) in [6.45, 7) is 1.96. The Kier molecular flexibility index (Phi) is 5.27. The van der Waals surface area contributed by atoms with Crippen molar-refractivity contribution in [1.82, 2.24) is 10.6 Å². The lowest BCUT2D eigenvalue weighted by Gasteiger charge is -2.23. The average Bonchev–Trinajstić information content (AvgIpc) is 2.53. The summed E-state index contributed by atoms with van der Waals surface area (Å²) in [5, 5.41) is 5.37. The molecule has 22 heavy (non-hydrogen) atoms. The number of imide groups is 1. The predicted octanol–water partition coefficient (Wildman–Crippen LogP) is 2.27. The van der Waals surface area contributed by atoms with E-state index < -0.39 is 18.0 Å². The third kappa shape index (κ3) is 4.17. The van der Waals surface area contributed by atoms with Crippen LogP contribution in [0.1, 0.15) is 30.1 Å². The third-order valence-electron chi connectivity index (χ3n) is 3.36. The van der Waals surface area contributed by atoms with E-state index in [1.165, 1.54) is 0 Å². The summed E-state index contributed by atoms with van der Waals surface area (Å²) in [4.78, 5) is 23.2. The van der Waals surface area contributed by atoms with E-state index >= 15 is 0 Å². The molecule has 0 saturated carbocycles. The van der Waals surface area contributed by atoms with Gasteiger partial charge in [0.2, 0.25) is 5.91 Å². The van der Waals surface area contributed by atoms with Crippen LogP contribution in [0.5, 0.6) is 0 Å². The fourth-order valence-electron chi connectivity index (χ4n) is 2.25. The van der Waals surface area contributed by atoms with E-state index in [0.717, 1.165) is 11.1 Å². The normalized spacial score (nSPS) is 13.1. The lowest BCUT2D eigenvalue weighted by atomic mass is 10.0. The van der Waals surface area contributed by atoms with Crippen LogP contribution >= 0.6 is 0 Å². The molecule has 5 heteroatoms. The lowest BCUT2D eigenvalue weighted by molar-refractivity contribution is -0.122. The highest BCUT2D eigenvalue weighted by Gasteiger charge is 2.23. The summed E-state index contributed by atoms with van der Waals surface area (Å²) >= 11 is 0. The zero-order chi connectivity index (χ0) is 15.9. The van der Waals surface area contributed by atoms with Gasteiger partial charge in [0.25, 0.3) is 0 Å². The van der Waals surface area contributed by atoms with E-state index in [-0.39, 0.29) is 6.04 Å². The molecular weight excluding hydrogens is 278 g/mol. The predicted molar refractivity (Wildman–Crippen MR) is 84.9 cm³/mol. The SMILES string of the molecule is C[C@@H](N[C@@H](C(=O)NC(N)=O)c1ccccc1)c1ccccc1. The first-order chi connectivity index (χ1) is 10.6. The summed E-state index contributed by atoms with van der Waals surface area (Å²) < 4.78 is 0. The summed E-state index contributed by atoms with van der Waals surface area (Å²) in [6.07, 6.45) is 0. The van der Waals surface area contributed by atoms with Gasteiger partial charge in [0.05, 0.1) is 0 Å². The number of benzene rings is 2. The second-order valence-corrected chi connectivity index (χ2v) is 5.00. The van der Waals surface area contributed by atoms with Gasteiger partial charge in [-0.1, -0.05) is 60.7 Å². The van der Waals surface area contributed by atoms with E-state index in [4.69, 9.17) is 5.73 Å². The van der Waals surface area contributed by atoms with Crippen molar-refractivity contribution in [3.8, 4) is 0 Å². The van der Waals surface area contributed by atoms with Crippen molar-refractivity contribution in [3.63, 3.8) is 0 Å². The maximum Gasteiger partial charge on any atom is 0.318 e. The minimum Gasteiger partial charge on any atom is -0.351 e. The van der Waals surface area contributed by atoms with Crippen LogP contribution in [-0.2, 0) is 4.79 Å². The molecule has 0 aliphatic carbocycles. The van der Waals surface area contributed by atoms with Gasteiger partial charge in [-0.25, -0.2) is 4.79 Å². The molecule has 0 unspecified atom stereocenters. The minimum atomic E-state index is -0.861. The fourth-order valence-corrected chi connectivity index (χ4v) is 2.25. The Bertz CT molecular complexity index is 629. The zero-order valence-electron chi connectivity index (χ0n) is 12.3. The van der Waals surface area contributed by atoms with Crippen molar-refractivity contribution in [1.29, 1.82) is 0 Å². The number of hydrogen-bond acceptors (Lipinski definition) is 3. The van der Waals surface area contributed by atoms with Gasteiger partial charge in [0.15, 0.2) is 0 Å². The maximum absolute atomic E-state index is 12.2. The van der Waals surface area contributed by atoms with Crippen molar-refractivity contribution in [2.24, 2.45) is 5.73 Å². The molecular formula is C17H19N3O2. The van der Waals surface area contributed by atoms with Gasteiger partial charge in [0, 0.05) is 6.04 Å². The molecule has 0 saturated heterocycles. The number of carbonyl (C=O) groups excluding carboxylic acids is 2. The Hall–Kier alpha value is -2.66. The molecule has 0 radical (unpaired) electrons. The number of amides is 3. The Balaban J connectivity index is 2.21. The molecule has 4 N–H and O–H groups in total. The molecule has 2 rings (SSSR count). The van der Waals surface area contributed by atoms with E-state index in [1.807, 2.05) is 67.6 Å². The topological polar surface area (TPSA) is 84.2 Å². The molecule has 3 amide bonds. The van der Waals surface area contributed by atoms with E-state index in [0.29, 0.717) is 0 Å². The molecule has 0 aliphatic heterocycles. The third-order valence-corrected chi connectivity index (χ3v) is 3.36. The molecule has 5 nitrogen and oxygen atoms in total. The second-order valence-electron chi connectivity index (χ2n) is 5.00. The number of nitrogens with one attached hydrogen (secondary N) is 2. The Morgan fingerprint density at radius 3 is 1.91 bits per heavy atom. The Labute approximate surface area is 129 Å². The van der Waals surface area contributed by atoms with Gasteiger partial charge in [-0.3, -0.25) is 15.4 Å². The van der Waals surface area contributed by atoms with Gasteiger partial charge in [-0.15, -0.1) is 0 Å². The summed E-state index contributed by atoms with van der Waals surface area (Å²) in [5.74, 6) is -0.471. The molecule has 0 bridgehead atoms. The quantitative estimate of drug-likeness (QED) is 0.791. The molecule has 2 aromatic carbocycles. The van der Waals surface area contributed by atoms with Crippen LogP contribution in [0.4, 0.5) is 4.79 Å². The zero-order valence-corrected chi connectivity index (χ0v) is 12.3. The van der Waals surface area contributed by atoms with E-state index in [9.17, 15) is 9.59 Å². The van der Waals surface area contributed by atoms with Gasteiger partial charge in [-0.05, 0) is 18.1 Å². The Morgan fingerprint density at radius 2 is 1.41 bits per heavy atom. The monoisotopic (exact) mass is 297 g/mol. The first-order valence-corrected chi connectivity index (χ1v) is 7.04. The van der Waals surface area contributed by atoms with Crippen LogP contribution in [0.3, 0.4) is 0 Å². The van der Waals surface area contributed by atoms with Crippen LogP contribution in [0.25, 0.3) is 0 Å². The number of urea groups is 1. The minimum absolute atomic E-state index is 0.0648. The van der Waals surface area contributed by atoms with E-state index in [1.54, 1.807) is 0 Å². The number of carbonyl (C=O) groups is 2. The number of hydrogen-bond donors (Lipinski definition) is 3. The standard InChI is InChI=1S/C17H19N3O2/c1-12(13-8-4-2-5-9-13)19-15(16(21)20-17(18)22)14-10-6-3-7-11-14/h2-12,15,19H,1H3,(H3,18,20,21,22)/t12-,15-/m1/s1. The maximum atomic E-state index is 12.2. The van der Waals surface area contributed by atoms with E-state index in [2.05, 4.69) is 10.6 Å². The number of primary amides is 1. The first kappa shape index (κ1) is 15.7. The lowest BCUT2D eigenvalue weighted by Crippen LogP contribution is -2.43. The number of rotatable bonds is 5. The average molecular weight is 297 g/mol. The highest BCUT2D eigenvalue weighted by molar-refractivity contribution is 5.96. The molecule has 0 heterocycles. The molecule has 2 atom stereocenters. The van der Waals surface area contributed by atoms with Gasteiger partial charge in [-0.2, -0.15) is 0 Å². The summed E-state index contributed by atoms with van der Waals surface area (Å²) in [5.41, 5.74) is 6.87. The van der Waals surface area contributed by atoms with Crippen molar-refractivity contribution >= 4 is 11.9 Å². The highest BCUT2D eigenvalue weighted by atomic mass is 16.2. The molecule has 114 valence electrons. The number of nitrogens with two attached hydrogens (primary N) is 1. The van der Waals surface area contributed by atoms with Crippen LogP contribution in [0, 0.1) is 0 Å². The van der Waals surface area contributed by atoms with Crippen LogP contribution in [0.15, 0.2) is 60.7 Å². The van der Waals surface area contributed by atoms with Crippen LogP contribution < -0.4 is 16.4 Å². The molecule has 0 spiro atoms.